The Morgan fingerprint density at radius 1 is 0.875 bits per heavy atom. The molecule has 0 saturated heterocycles. The zero-order valence-electron chi connectivity index (χ0n) is 9.37. The van der Waals surface area contributed by atoms with Crippen molar-refractivity contribution in [3.05, 3.63) is 35.4 Å². The Morgan fingerprint density at radius 3 is 1.50 bits per heavy atom. The highest BCUT2D eigenvalue weighted by atomic mass is 19.2. The molecule has 0 N–H and O–H groups in total. The van der Waals surface area contributed by atoms with Crippen LogP contribution in [0.3, 0.4) is 0 Å². The molecule has 0 radical (unpaired) electrons. The SMILES string of the molecule is C=Cc1c(F)c(F)c([B-](C)(C)C)c(F)c1F. The van der Waals surface area contributed by atoms with Crippen molar-refractivity contribution in [3.8, 4) is 0 Å². The van der Waals surface area contributed by atoms with Gasteiger partial charge >= 0.3 is 0 Å². The summed E-state index contributed by atoms with van der Waals surface area (Å²) in [6.45, 7) is 7.73. The molecule has 0 bridgehead atoms. The quantitative estimate of drug-likeness (QED) is 0.415. The number of rotatable bonds is 2. The molecule has 16 heavy (non-hydrogen) atoms. The number of halogens is 4. The third-order valence-corrected chi connectivity index (χ3v) is 2.40. The first-order valence-electron chi connectivity index (χ1n) is 4.97. The molecule has 1 rings (SSSR count). The van der Waals surface area contributed by atoms with Crippen LogP contribution in [0, 0.1) is 23.3 Å². The maximum Gasteiger partial charge on any atom is 0.165 e. The fourth-order valence-electron chi connectivity index (χ4n) is 1.61. The molecule has 0 nitrogen and oxygen atoms in total. The predicted molar refractivity (Wildman–Crippen MR) is 59.3 cm³/mol. The topological polar surface area (TPSA) is 0 Å². The van der Waals surface area contributed by atoms with Crippen molar-refractivity contribution < 1.29 is 17.6 Å². The Morgan fingerprint density at radius 2 is 1.25 bits per heavy atom. The van der Waals surface area contributed by atoms with Gasteiger partial charge in [0.05, 0.1) is 5.56 Å². The molecule has 1 aromatic rings. The van der Waals surface area contributed by atoms with Crippen molar-refractivity contribution in [3.63, 3.8) is 0 Å². The van der Waals surface area contributed by atoms with Gasteiger partial charge < -0.3 is 0 Å². The minimum absolute atomic E-state index is 0.527. The maximum atomic E-state index is 13.6. The zero-order valence-corrected chi connectivity index (χ0v) is 9.37. The molecule has 0 aliphatic carbocycles. The van der Waals surface area contributed by atoms with Crippen LogP contribution in [-0.2, 0) is 0 Å². The molecule has 0 amide bonds. The van der Waals surface area contributed by atoms with Crippen molar-refractivity contribution in [2.75, 3.05) is 0 Å². The lowest BCUT2D eigenvalue weighted by molar-refractivity contribution is 0.459. The van der Waals surface area contributed by atoms with Crippen LogP contribution >= 0.6 is 0 Å². The van der Waals surface area contributed by atoms with E-state index in [1.165, 1.54) is 20.5 Å². The van der Waals surface area contributed by atoms with E-state index in [1.807, 2.05) is 0 Å². The summed E-state index contributed by atoms with van der Waals surface area (Å²) in [5.41, 5.74) is -1.29. The van der Waals surface area contributed by atoms with Crippen molar-refractivity contribution >= 4 is 17.7 Å². The minimum atomic E-state index is -1.68. The summed E-state index contributed by atoms with van der Waals surface area (Å²) in [5, 5.41) is 0. The monoisotopic (exact) mass is 231 g/mol. The fourth-order valence-corrected chi connectivity index (χ4v) is 1.61. The summed E-state index contributed by atoms with van der Waals surface area (Å²) >= 11 is 0. The summed E-state index contributed by atoms with van der Waals surface area (Å²) < 4.78 is 53.9. The van der Waals surface area contributed by atoms with E-state index in [4.69, 9.17) is 0 Å². The van der Waals surface area contributed by atoms with E-state index >= 15 is 0 Å². The molecule has 0 atom stereocenters. The molecule has 0 aliphatic rings. The molecular formula is C11H12BF4-. The summed E-state index contributed by atoms with van der Waals surface area (Å²) in [7, 11) is 0. The van der Waals surface area contributed by atoms with Gasteiger partial charge in [-0.15, -0.1) is 5.46 Å². The number of benzene rings is 1. The third-order valence-electron chi connectivity index (χ3n) is 2.40. The van der Waals surface area contributed by atoms with E-state index in [-0.39, 0.29) is 0 Å². The van der Waals surface area contributed by atoms with Gasteiger partial charge in [-0.3, -0.25) is 0 Å². The highest BCUT2D eigenvalue weighted by Crippen LogP contribution is 2.21. The second kappa shape index (κ2) is 3.96. The summed E-state index contributed by atoms with van der Waals surface area (Å²) in [4.78, 5) is 0. The lowest BCUT2D eigenvalue weighted by Crippen LogP contribution is -2.44. The summed E-state index contributed by atoms with van der Waals surface area (Å²) in [6.07, 6.45) is -0.918. The van der Waals surface area contributed by atoms with Crippen LogP contribution in [0.1, 0.15) is 5.56 Å². The van der Waals surface area contributed by atoms with Crippen LogP contribution in [0.2, 0.25) is 20.5 Å². The molecule has 5 heteroatoms. The van der Waals surface area contributed by atoms with Crippen molar-refractivity contribution in [1.82, 2.24) is 0 Å². The Hall–Kier alpha value is -1.26. The van der Waals surface area contributed by atoms with Gasteiger partial charge in [0, 0.05) is 6.15 Å². The number of hydrogen-bond acceptors (Lipinski definition) is 0. The first kappa shape index (κ1) is 12.8. The van der Waals surface area contributed by atoms with Crippen molar-refractivity contribution in [1.29, 1.82) is 0 Å². The maximum absolute atomic E-state index is 13.6. The smallest absolute Gasteiger partial charge is 0.165 e. The molecule has 0 heterocycles. The van der Waals surface area contributed by atoms with Gasteiger partial charge in [-0.25, -0.2) is 17.6 Å². The van der Waals surface area contributed by atoms with Crippen LogP contribution in [-0.4, -0.2) is 6.15 Å². The molecule has 0 aliphatic heterocycles. The van der Waals surface area contributed by atoms with E-state index in [0.29, 0.717) is 0 Å². The van der Waals surface area contributed by atoms with Crippen molar-refractivity contribution in [2.24, 2.45) is 0 Å². The second-order valence-corrected chi connectivity index (χ2v) is 4.89. The van der Waals surface area contributed by atoms with Crippen molar-refractivity contribution in [2.45, 2.75) is 20.5 Å². The van der Waals surface area contributed by atoms with Gasteiger partial charge in [0.2, 0.25) is 0 Å². The van der Waals surface area contributed by atoms with E-state index in [2.05, 4.69) is 6.58 Å². The number of hydrogen-bond donors (Lipinski definition) is 0. The molecule has 88 valence electrons. The molecule has 0 aromatic heterocycles. The van der Waals surface area contributed by atoms with Crippen LogP contribution in [0.15, 0.2) is 6.58 Å². The highest BCUT2D eigenvalue weighted by Gasteiger charge is 2.26. The highest BCUT2D eigenvalue weighted by molar-refractivity contribution is 6.88. The lowest BCUT2D eigenvalue weighted by Gasteiger charge is -2.27. The molecule has 0 saturated carbocycles. The first-order valence-corrected chi connectivity index (χ1v) is 4.97. The van der Waals surface area contributed by atoms with E-state index in [9.17, 15) is 17.6 Å². The van der Waals surface area contributed by atoms with Crippen LogP contribution < -0.4 is 5.46 Å². The molecule has 0 fully saturated rings. The summed E-state index contributed by atoms with van der Waals surface area (Å²) in [6, 6.07) is 0. The van der Waals surface area contributed by atoms with Gasteiger partial charge in [0.25, 0.3) is 0 Å². The van der Waals surface area contributed by atoms with Crippen LogP contribution in [0.4, 0.5) is 17.6 Å². The van der Waals surface area contributed by atoms with E-state index in [1.54, 1.807) is 0 Å². The first-order chi connectivity index (χ1) is 7.21. The molecule has 0 unspecified atom stereocenters. The van der Waals surface area contributed by atoms with Crippen LogP contribution in [0.25, 0.3) is 6.08 Å². The normalized spacial score (nSPS) is 11.7. The largest absolute Gasteiger partial charge is 0.207 e. The molecular weight excluding hydrogens is 219 g/mol. The van der Waals surface area contributed by atoms with Gasteiger partial charge in [0.15, 0.2) is 11.6 Å². The Kier molecular flexibility index (Phi) is 3.17. The van der Waals surface area contributed by atoms with Crippen LogP contribution in [0.5, 0.6) is 0 Å². The Labute approximate surface area is 91.9 Å². The lowest BCUT2D eigenvalue weighted by atomic mass is 9.26. The average molecular weight is 231 g/mol. The molecule has 0 spiro atoms. The second-order valence-electron chi connectivity index (χ2n) is 4.89. The minimum Gasteiger partial charge on any atom is -0.207 e. The Bertz CT molecular complexity index is 417. The molecule has 1 aromatic carbocycles. The van der Waals surface area contributed by atoms with Gasteiger partial charge in [-0.2, -0.15) is 20.5 Å². The standard InChI is InChI=1S/C11H12BF4/c1-5-6-8(13)10(15)7(12(2,3)4)11(16)9(6)14/h5H,1H2,2-4H3/q-1. The Balaban J connectivity index is 3.74. The zero-order chi connectivity index (χ0) is 12.7. The van der Waals surface area contributed by atoms with Gasteiger partial charge in [-0.1, -0.05) is 12.7 Å². The predicted octanol–water partition coefficient (Wildman–Crippen LogP) is 3.43. The summed E-state index contributed by atoms with van der Waals surface area (Å²) in [5.74, 6) is -5.44. The fraction of sp³-hybridized carbons (Fsp3) is 0.273. The average Bonchev–Trinajstić information content (AvgIpc) is 2.14. The van der Waals surface area contributed by atoms with E-state index < -0.39 is 40.4 Å². The van der Waals surface area contributed by atoms with E-state index in [0.717, 1.165) is 6.08 Å². The van der Waals surface area contributed by atoms with Gasteiger partial charge in [0.1, 0.15) is 11.6 Å². The third kappa shape index (κ3) is 1.86. The van der Waals surface area contributed by atoms with Gasteiger partial charge in [-0.05, 0) is 0 Å².